The van der Waals surface area contributed by atoms with Crippen molar-refractivity contribution in [3.63, 3.8) is 0 Å². The first-order valence-electron chi connectivity index (χ1n) is 2.87. The molecule has 0 aliphatic heterocycles. The third-order valence-electron chi connectivity index (χ3n) is 1.24. The average Bonchev–Trinajstić information content (AvgIpc) is 1.59. The molecular formula is C6H7BCl2. The second-order valence-corrected chi connectivity index (χ2v) is 3.26. The molecule has 9 heavy (non-hydrogen) atoms. The van der Waals surface area contributed by atoms with Crippen LogP contribution in [0.5, 0.6) is 0 Å². The minimum Gasteiger partial charge on any atom is -0.118 e. The maximum atomic E-state index is 5.80. The number of halogens is 2. The molecule has 3 heteroatoms. The normalized spacial score (nSPS) is 27.1. The fraction of sp³-hybridized carbons (Fsp3) is 0.333. The largest absolute Gasteiger partial charge is 0.134 e. The standard InChI is InChI=1S/C6H7BCl2/c7-4-1-5(8)3-6(9)2-4/h1,3,6H,2,7H2. The maximum absolute atomic E-state index is 5.80. The van der Waals surface area contributed by atoms with E-state index in [-0.39, 0.29) is 5.38 Å². The van der Waals surface area contributed by atoms with Crippen molar-refractivity contribution in [3.8, 4) is 0 Å². The molecule has 0 saturated carbocycles. The first-order chi connectivity index (χ1) is 4.18. The molecule has 48 valence electrons. The van der Waals surface area contributed by atoms with E-state index in [9.17, 15) is 0 Å². The van der Waals surface area contributed by atoms with E-state index in [0.29, 0.717) is 0 Å². The summed E-state index contributed by atoms with van der Waals surface area (Å²) < 4.78 is 0. The van der Waals surface area contributed by atoms with Crippen molar-refractivity contribution in [3.05, 3.63) is 22.7 Å². The number of allylic oxidation sites excluding steroid dienone is 4. The molecule has 0 aromatic rings. The first-order valence-corrected chi connectivity index (χ1v) is 3.68. The van der Waals surface area contributed by atoms with Crippen molar-refractivity contribution in [2.75, 3.05) is 0 Å². The predicted octanol–water partition coefficient (Wildman–Crippen LogP) is 1.64. The van der Waals surface area contributed by atoms with Gasteiger partial charge in [0.1, 0.15) is 7.85 Å². The van der Waals surface area contributed by atoms with Gasteiger partial charge in [-0.3, -0.25) is 0 Å². The van der Waals surface area contributed by atoms with Crippen LogP contribution in [-0.4, -0.2) is 13.2 Å². The lowest BCUT2D eigenvalue weighted by Gasteiger charge is -2.10. The van der Waals surface area contributed by atoms with Crippen molar-refractivity contribution in [2.24, 2.45) is 0 Å². The molecule has 0 radical (unpaired) electrons. The highest BCUT2D eigenvalue weighted by atomic mass is 35.5. The van der Waals surface area contributed by atoms with Gasteiger partial charge in [0, 0.05) is 5.03 Å². The summed E-state index contributed by atoms with van der Waals surface area (Å²) in [6.07, 6.45) is 4.73. The number of rotatable bonds is 0. The van der Waals surface area contributed by atoms with Crippen LogP contribution in [0.25, 0.3) is 0 Å². The topological polar surface area (TPSA) is 0 Å². The number of hydrogen-bond acceptors (Lipinski definition) is 0. The van der Waals surface area contributed by atoms with Gasteiger partial charge in [-0.2, -0.15) is 0 Å². The highest BCUT2D eigenvalue weighted by Crippen LogP contribution is 2.21. The Bertz CT molecular complexity index is 172. The zero-order valence-electron chi connectivity index (χ0n) is 5.20. The highest BCUT2D eigenvalue weighted by molar-refractivity contribution is 6.34. The Morgan fingerprint density at radius 3 is 2.78 bits per heavy atom. The van der Waals surface area contributed by atoms with Crippen LogP contribution in [0.2, 0.25) is 0 Å². The molecule has 1 aliphatic carbocycles. The van der Waals surface area contributed by atoms with Crippen LogP contribution in [0.15, 0.2) is 22.7 Å². The summed E-state index contributed by atoms with van der Waals surface area (Å²) in [5.41, 5.74) is 1.25. The van der Waals surface area contributed by atoms with Crippen LogP contribution >= 0.6 is 23.2 Å². The van der Waals surface area contributed by atoms with Gasteiger partial charge in [0.15, 0.2) is 0 Å². The third kappa shape index (κ3) is 2.07. The molecule has 1 unspecified atom stereocenters. The molecular weight excluding hydrogens is 154 g/mol. The predicted molar refractivity (Wildman–Crippen MR) is 44.8 cm³/mol. The van der Waals surface area contributed by atoms with Crippen LogP contribution in [0.4, 0.5) is 0 Å². The van der Waals surface area contributed by atoms with Crippen molar-refractivity contribution in [2.45, 2.75) is 11.8 Å². The molecule has 0 spiro atoms. The smallest absolute Gasteiger partial charge is 0.118 e. The monoisotopic (exact) mass is 160 g/mol. The fourth-order valence-electron chi connectivity index (χ4n) is 0.882. The van der Waals surface area contributed by atoms with Crippen LogP contribution in [0.1, 0.15) is 6.42 Å². The average molecular weight is 161 g/mol. The van der Waals surface area contributed by atoms with Crippen LogP contribution in [0, 0.1) is 0 Å². The number of alkyl halides is 1. The quantitative estimate of drug-likeness (QED) is 0.374. The zero-order chi connectivity index (χ0) is 6.85. The van der Waals surface area contributed by atoms with Gasteiger partial charge in [0.2, 0.25) is 0 Å². The summed E-state index contributed by atoms with van der Waals surface area (Å²) in [4.78, 5) is 0. The van der Waals surface area contributed by atoms with E-state index in [4.69, 9.17) is 23.2 Å². The molecule has 0 aromatic heterocycles. The summed E-state index contributed by atoms with van der Waals surface area (Å²) in [7, 11) is 2.03. The summed E-state index contributed by atoms with van der Waals surface area (Å²) >= 11 is 11.5. The molecule has 0 fully saturated rings. The van der Waals surface area contributed by atoms with Crippen LogP contribution in [-0.2, 0) is 0 Å². The minimum absolute atomic E-state index is 0.0995. The van der Waals surface area contributed by atoms with E-state index in [1.165, 1.54) is 5.47 Å². The van der Waals surface area contributed by atoms with E-state index in [1.807, 2.05) is 20.0 Å². The molecule has 0 saturated heterocycles. The Kier molecular flexibility index (Phi) is 2.26. The van der Waals surface area contributed by atoms with Gasteiger partial charge in [0.25, 0.3) is 0 Å². The summed E-state index contributed by atoms with van der Waals surface area (Å²) in [6.45, 7) is 0. The Labute approximate surface area is 65.9 Å². The molecule has 0 bridgehead atoms. The van der Waals surface area contributed by atoms with Gasteiger partial charge < -0.3 is 0 Å². The van der Waals surface area contributed by atoms with Gasteiger partial charge in [-0.25, -0.2) is 0 Å². The SMILES string of the molecule is BC1=CC(Cl)=CC(Cl)C1. The third-order valence-corrected chi connectivity index (χ3v) is 1.76. The Hall–Kier alpha value is 0.125. The summed E-state index contributed by atoms with van der Waals surface area (Å²) in [5.74, 6) is 0. The van der Waals surface area contributed by atoms with E-state index < -0.39 is 0 Å². The Morgan fingerprint density at radius 1 is 1.67 bits per heavy atom. The Balaban J connectivity index is 2.74. The molecule has 0 aromatic carbocycles. The van der Waals surface area contributed by atoms with E-state index >= 15 is 0 Å². The zero-order valence-corrected chi connectivity index (χ0v) is 6.71. The second kappa shape index (κ2) is 2.81. The van der Waals surface area contributed by atoms with Crippen molar-refractivity contribution >= 4 is 31.0 Å². The van der Waals surface area contributed by atoms with Crippen molar-refractivity contribution < 1.29 is 0 Å². The maximum Gasteiger partial charge on any atom is 0.134 e. The van der Waals surface area contributed by atoms with Crippen molar-refractivity contribution in [1.29, 1.82) is 0 Å². The summed E-state index contributed by atoms with van der Waals surface area (Å²) in [6, 6.07) is 0. The molecule has 1 rings (SSSR count). The number of hydrogen-bond donors (Lipinski definition) is 0. The van der Waals surface area contributed by atoms with Crippen LogP contribution < -0.4 is 0 Å². The lowest BCUT2D eigenvalue weighted by molar-refractivity contribution is 1.02. The van der Waals surface area contributed by atoms with E-state index in [2.05, 4.69) is 0 Å². The fourth-order valence-corrected chi connectivity index (χ4v) is 1.66. The Morgan fingerprint density at radius 2 is 2.33 bits per heavy atom. The minimum atomic E-state index is 0.0995. The highest BCUT2D eigenvalue weighted by Gasteiger charge is 2.07. The first kappa shape index (κ1) is 7.23. The van der Waals surface area contributed by atoms with Crippen LogP contribution in [0.3, 0.4) is 0 Å². The molecule has 1 aliphatic rings. The van der Waals surface area contributed by atoms with Gasteiger partial charge >= 0.3 is 0 Å². The molecule has 1 atom stereocenters. The lowest BCUT2D eigenvalue weighted by atomic mass is 9.88. The molecule has 0 amide bonds. The second-order valence-electron chi connectivity index (χ2n) is 2.26. The molecule has 0 heterocycles. The summed E-state index contributed by atoms with van der Waals surface area (Å²) in [5, 5.41) is 0.862. The van der Waals surface area contributed by atoms with Gasteiger partial charge in [-0.15, -0.1) is 17.1 Å². The van der Waals surface area contributed by atoms with E-state index in [0.717, 1.165) is 11.5 Å². The lowest BCUT2D eigenvalue weighted by Crippen LogP contribution is -2.01. The van der Waals surface area contributed by atoms with Crippen molar-refractivity contribution in [1.82, 2.24) is 0 Å². The molecule has 0 nitrogen and oxygen atoms in total. The van der Waals surface area contributed by atoms with Gasteiger partial charge in [0.05, 0.1) is 5.38 Å². The molecule has 0 N–H and O–H groups in total. The van der Waals surface area contributed by atoms with Gasteiger partial charge in [-0.1, -0.05) is 17.7 Å². The van der Waals surface area contributed by atoms with E-state index in [1.54, 1.807) is 0 Å². The van der Waals surface area contributed by atoms with Gasteiger partial charge in [-0.05, 0) is 12.5 Å².